The molecule has 23 heavy (non-hydrogen) atoms. The molecule has 7 nitrogen and oxygen atoms in total. The Kier molecular flexibility index (Phi) is 4.08. The van der Waals surface area contributed by atoms with Crippen LogP contribution in [0.4, 0.5) is 5.69 Å². The number of nitrogens with one attached hydrogen (secondary N) is 1. The van der Waals surface area contributed by atoms with Crippen LogP contribution in [0.25, 0.3) is 11.3 Å². The number of anilines is 1. The summed E-state index contributed by atoms with van der Waals surface area (Å²) in [4.78, 5) is 14.9. The number of hydrogen-bond acceptors (Lipinski definition) is 8. The summed E-state index contributed by atoms with van der Waals surface area (Å²) in [5.74, 6) is -1.08. The van der Waals surface area contributed by atoms with Crippen molar-refractivity contribution in [3.05, 3.63) is 24.3 Å². The minimum Gasteiger partial charge on any atom is -0.549 e. The van der Waals surface area contributed by atoms with Gasteiger partial charge in [0, 0.05) is 23.4 Å². The average Bonchev–Trinajstić information content (AvgIpc) is 2.66. The van der Waals surface area contributed by atoms with E-state index in [1.165, 1.54) is 0 Å². The molecule has 3 rings (SSSR count). The molecule has 1 aromatic carbocycles. The van der Waals surface area contributed by atoms with Crippen LogP contribution in [0.3, 0.4) is 0 Å². The van der Waals surface area contributed by atoms with Crippen molar-refractivity contribution >= 4 is 23.4 Å². The van der Waals surface area contributed by atoms with Gasteiger partial charge < -0.3 is 20.0 Å². The number of carboxylic acid groups (broad SMARTS) is 1. The molecule has 2 heterocycles. The largest absolute Gasteiger partial charge is 0.549 e. The first-order valence-corrected chi connectivity index (χ1v) is 8.13. The molecule has 2 aromatic rings. The van der Waals surface area contributed by atoms with Crippen LogP contribution in [0.2, 0.25) is 0 Å². The lowest BCUT2D eigenvalue weighted by molar-refractivity contribution is -0.301. The number of ether oxygens (including phenoxy) is 1. The van der Waals surface area contributed by atoms with E-state index in [2.05, 4.69) is 20.5 Å². The predicted octanol–water partition coefficient (Wildman–Crippen LogP) is 1.31. The van der Waals surface area contributed by atoms with Crippen molar-refractivity contribution in [2.45, 2.75) is 31.1 Å². The molecule has 1 aliphatic heterocycles. The van der Waals surface area contributed by atoms with E-state index in [1.54, 1.807) is 0 Å². The van der Waals surface area contributed by atoms with E-state index in [4.69, 9.17) is 4.74 Å². The molecule has 0 saturated heterocycles. The van der Waals surface area contributed by atoms with E-state index in [0.29, 0.717) is 18.0 Å². The van der Waals surface area contributed by atoms with Crippen molar-refractivity contribution in [3.8, 4) is 17.1 Å². The molecule has 0 bridgehead atoms. The number of thioether (sulfide) groups is 1. The van der Waals surface area contributed by atoms with Crippen LogP contribution in [-0.4, -0.2) is 32.6 Å². The summed E-state index contributed by atoms with van der Waals surface area (Å²) in [6.07, 6.45) is 0.701. The van der Waals surface area contributed by atoms with Crippen LogP contribution in [0.15, 0.2) is 29.4 Å². The quantitative estimate of drug-likeness (QED) is 0.837. The molecule has 1 N–H and O–H groups in total. The monoisotopic (exact) mass is 331 g/mol. The highest BCUT2D eigenvalue weighted by Crippen LogP contribution is 2.39. The van der Waals surface area contributed by atoms with Crippen LogP contribution < -0.4 is 15.2 Å². The van der Waals surface area contributed by atoms with Crippen LogP contribution in [0, 0.1) is 0 Å². The maximum absolute atomic E-state index is 10.6. The third-order valence-electron chi connectivity index (χ3n) is 3.53. The van der Waals surface area contributed by atoms with E-state index < -0.39 is 11.7 Å². The van der Waals surface area contributed by atoms with Crippen LogP contribution in [0.1, 0.15) is 20.3 Å². The number of hydrogen-bond donors (Lipinski definition) is 1. The zero-order valence-electron chi connectivity index (χ0n) is 12.7. The average molecular weight is 331 g/mol. The number of fused-ring (bicyclic) bond motifs is 3. The molecule has 1 atom stereocenters. The summed E-state index contributed by atoms with van der Waals surface area (Å²) in [6, 6.07) is 7.69. The second-order valence-corrected chi connectivity index (χ2v) is 6.21. The first-order chi connectivity index (χ1) is 11.0. The Hall–Kier alpha value is -2.35. The van der Waals surface area contributed by atoms with Crippen molar-refractivity contribution in [1.29, 1.82) is 0 Å². The maximum atomic E-state index is 10.6. The second kappa shape index (κ2) is 6.04. The first kappa shape index (κ1) is 15.5. The van der Waals surface area contributed by atoms with Crippen molar-refractivity contribution in [3.63, 3.8) is 0 Å². The minimum absolute atomic E-state index is 0.236. The lowest BCUT2D eigenvalue weighted by atomic mass is 10.1. The fourth-order valence-corrected chi connectivity index (χ4v) is 2.70. The predicted molar refractivity (Wildman–Crippen MR) is 83.9 cm³/mol. The number of para-hydroxylation sites is 1. The number of aliphatic carboxylic acids is 1. The molecular weight excluding hydrogens is 316 g/mol. The Morgan fingerprint density at radius 2 is 2.17 bits per heavy atom. The minimum atomic E-state index is -1.18. The van der Waals surface area contributed by atoms with E-state index in [1.807, 2.05) is 38.1 Å². The normalized spacial score (nSPS) is 18.9. The number of rotatable bonds is 4. The van der Waals surface area contributed by atoms with Gasteiger partial charge in [-0.3, -0.25) is 0 Å². The molecule has 8 heteroatoms. The van der Waals surface area contributed by atoms with Crippen molar-refractivity contribution in [1.82, 2.24) is 15.2 Å². The Labute approximate surface area is 137 Å². The van der Waals surface area contributed by atoms with Gasteiger partial charge in [0.2, 0.25) is 11.0 Å². The Bertz CT molecular complexity index is 755. The van der Waals surface area contributed by atoms with Gasteiger partial charge in [-0.15, -0.1) is 10.2 Å². The smallest absolute Gasteiger partial charge is 0.247 e. The third-order valence-corrected chi connectivity index (χ3v) is 4.34. The summed E-state index contributed by atoms with van der Waals surface area (Å²) in [7, 11) is 0. The lowest BCUT2D eigenvalue weighted by Crippen LogP contribution is -2.40. The molecule has 0 fully saturated rings. The van der Waals surface area contributed by atoms with Gasteiger partial charge in [0.1, 0.15) is 0 Å². The van der Waals surface area contributed by atoms with Crippen LogP contribution >= 0.6 is 11.8 Å². The molecule has 0 radical (unpaired) electrons. The van der Waals surface area contributed by atoms with E-state index >= 15 is 0 Å². The number of benzene rings is 1. The number of carboxylic acids is 1. The molecule has 0 amide bonds. The van der Waals surface area contributed by atoms with Gasteiger partial charge in [0.15, 0.2) is 11.4 Å². The van der Waals surface area contributed by atoms with Gasteiger partial charge in [-0.2, -0.15) is 4.98 Å². The summed E-state index contributed by atoms with van der Waals surface area (Å²) >= 11 is 0.950. The Balaban J connectivity index is 2.06. The fraction of sp³-hybridized carbons (Fsp3) is 0.333. The maximum Gasteiger partial charge on any atom is 0.247 e. The summed E-state index contributed by atoms with van der Waals surface area (Å²) in [6.45, 7) is 3.93. The van der Waals surface area contributed by atoms with Crippen molar-refractivity contribution in [2.24, 2.45) is 0 Å². The molecule has 1 unspecified atom stereocenters. The summed E-state index contributed by atoms with van der Waals surface area (Å²) < 4.78 is 6.02. The second-order valence-electron chi connectivity index (χ2n) is 5.27. The van der Waals surface area contributed by atoms with Gasteiger partial charge >= 0.3 is 0 Å². The van der Waals surface area contributed by atoms with E-state index in [-0.39, 0.29) is 10.9 Å². The third kappa shape index (κ3) is 3.21. The number of carbonyl (C=O) groups excluding carboxylic acids is 1. The highest BCUT2D eigenvalue weighted by Gasteiger charge is 2.32. The molecular formula is C15H15N4O3S-. The van der Waals surface area contributed by atoms with Gasteiger partial charge in [-0.1, -0.05) is 36.9 Å². The topological polar surface area (TPSA) is 100 Å². The molecule has 0 aliphatic carbocycles. The van der Waals surface area contributed by atoms with Crippen LogP contribution in [-0.2, 0) is 4.79 Å². The SMILES string of the molecule is CCC1(C)Nc2ccccc2-c2nnc(SCC(=O)[O-])nc2O1. The highest BCUT2D eigenvalue weighted by atomic mass is 32.2. The summed E-state index contributed by atoms with van der Waals surface area (Å²) in [5.41, 5.74) is 1.62. The number of aromatic nitrogens is 3. The van der Waals surface area contributed by atoms with Crippen molar-refractivity contribution in [2.75, 3.05) is 11.1 Å². The van der Waals surface area contributed by atoms with Gasteiger partial charge in [-0.25, -0.2) is 0 Å². The molecule has 120 valence electrons. The Morgan fingerprint density at radius 3 is 2.91 bits per heavy atom. The van der Waals surface area contributed by atoms with Gasteiger partial charge in [0.05, 0.1) is 5.97 Å². The molecule has 1 aromatic heterocycles. The fourth-order valence-electron chi connectivity index (χ4n) is 2.21. The van der Waals surface area contributed by atoms with Crippen molar-refractivity contribution < 1.29 is 14.6 Å². The number of carbonyl (C=O) groups is 1. The Morgan fingerprint density at radius 1 is 1.39 bits per heavy atom. The van der Waals surface area contributed by atoms with Crippen LogP contribution in [0.5, 0.6) is 5.88 Å². The zero-order valence-corrected chi connectivity index (χ0v) is 13.5. The standard InChI is InChI=1S/C15H16N4O3S/c1-3-15(2)17-10-7-5-4-6-9(10)12-13(22-15)16-14(19-18-12)23-8-11(20)21/h4-7,17H,3,8H2,1-2H3,(H,20,21)/p-1. The molecule has 1 aliphatic rings. The molecule has 0 spiro atoms. The first-order valence-electron chi connectivity index (χ1n) is 7.15. The lowest BCUT2D eigenvalue weighted by Gasteiger charge is -2.29. The van der Waals surface area contributed by atoms with E-state index in [0.717, 1.165) is 23.0 Å². The van der Waals surface area contributed by atoms with E-state index in [9.17, 15) is 9.90 Å². The van der Waals surface area contributed by atoms with Gasteiger partial charge in [0.25, 0.3) is 0 Å². The zero-order chi connectivity index (χ0) is 16.4. The van der Waals surface area contributed by atoms with Gasteiger partial charge in [-0.05, 0) is 13.0 Å². The highest BCUT2D eigenvalue weighted by molar-refractivity contribution is 7.99. The number of nitrogens with zero attached hydrogens (tertiary/aromatic N) is 3. The summed E-state index contributed by atoms with van der Waals surface area (Å²) in [5, 5.41) is 22.4. The molecule has 0 saturated carbocycles.